The van der Waals surface area contributed by atoms with Gasteiger partial charge < -0.3 is 15.1 Å². The molecule has 0 aliphatic carbocycles. The second-order valence-electron chi connectivity index (χ2n) is 6.11. The fourth-order valence-corrected chi connectivity index (χ4v) is 3.04. The Labute approximate surface area is 145 Å². The monoisotopic (exact) mass is 349 g/mol. The summed E-state index contributed by atoms with van der Waals surface area (Å²) in [5.41, 5.74) is 1.57. The third kappa shape index (κ3) is 3.70. The summed E-state index contributed by atoms with van der Waals surface area (Å²) in [6.45, 7) is 3.24. The van der Waals surface area contributed by atoms with E-state index in [1.807, 2.05) is 12.1 Å². The first kappa shape index (κ1) is 16.8. The molecule has 7 heteroatoms. The van der Waals surface area contributed by atoms with Gasteiger partial charge in [0.2, 0.25) is 12.0 Å². The zero-order valence-corrected chi connectivity index (χ0v) is 14.3. The Hall–Kier alpha value is -2.08. The average Bonchev–Trinajstić information content (AvgIpc) is 3.26. The number of oxime groups is 1. The molecule has 2 aliphatic rings. The van der Waals surface area contributed by atoms with Crippen molar-refractivity contribution in [3.8, 4) is 0 Å². The lowest BCUT2D eigenvalue weighted by Gasteiger charge is -2.21. The fraction of sp³-hybridized carbons (Fsp3) is 0.471. The van der Waals surface area contributed by atoms with Crippen LogP contribution in [0.2, 0.25) is 5.02 Å². The maximum absolute atomic E-state index is 12.3. The Morgan fingerprint density at radius 1 is 1.29 bits per heavy atom. The maximum atomic E-state index is 12.3. The minimum atomic E-state index is -0.704. The van der Waals surface area contributed by atoms with E-state index in [1.54, 1.807) is 24.0 Å². The van der Waals surface area contributed by atoms with Crippen molar-refractivity contribution in [1.82, 2.24) is 10.2 Å². The molecule has 2 aliphatic heterocycles. The van der Waals surface area contributed by atoms with Gasteiger partial charge in [0.05, 0.1) is 5.71 Å². The molecule has 24 heavy (non-hydrogen) atoms. The van der Waals surface area contributed by atoms with E-state index in [9.17, 15) is 9.59 Å². The molecule has 128 valence electrons. The SMILES string of the molecule is C[C@H](NC(=O)[C@@H]1CC(c2ccc(Cl)cc2)=NO1)C(=O)N1CCCC1. The fourth-order valence-electron chi connectivity index (χ4n) is 2.91. The summed E-state index contributed by atoms with van der Waals surface area (Å²) in [5.74, 6) is -0.361. The highest BCUT2D eigenvalue weighted by molar-refractivity contribution is 6.30. The van der Waals surface area contributed by atoms with E-state index in [4.69, 9.17) is 16.4 Å². The number of likely N-dealkylation sites (tertiary alicyclic amines) is 1. The van der Waals surface area contributed by atoms with Gasteiger partial charge in [-0.2, -0.15) is 0 Å². The summed E-state index contributed by atoms with van der Waals surface area (Å²) in [6, 6.07) is 6.65. The third-order valence-corrected chi connectivity index (χ3v) is 4.54. The van der Waals surface area contributed by atoms with Crippen molar-refractivity contribution >= 4 is 29.1 Å². The summed E-state index contributed by atoms with van der Waals surface area (Å²) >= 11 is 5.87. The van der Waals surface area contributed by atoms with Gasteiger partial charge in [0.15, 0.2) is 0 Å². The standard InChI is InChI=1S/C17H20ClN3O3/c1-11(17(23)21-8-2-3-9-21)19-16(22)15-10-14(20-24-15)12-4-6-13(18)7-5-12/h4-7,11,15H,2-3,8-10H2,1H3,(H,19,22)/t11-,15-/m0/s1. The van der Waals surface area contributed by atoms with Crippen molar-refractivity contribution in [1.29, 1.82) is 0 Å². The maximum Gasteiger partial charge on any atom is 0.264 e. The van der Waals surface area contributed by atoms with Crippen LogP contribution in [0.3, 0.4) is 0 Å². The highest BCUT2D eigenvalue weighted by atomic mass is 35.5. The Morgan fingerprint density at radius 2 is 1.96 bits per heavy atom. The minimum absolute atomic E-state index is 0.0438. The molecule has 0 spiro atoms. The van der Waals surface area contributed by atoms with E-state index in [1.165, 1.54) is 0 Å². The molecule has 2 amide bonds. The van der Waals surface area contributed by atoms with Gasteiger partial charge in [0.1, 0.15) is 6.04 Å². The Bertz CT molecular complexity index is 654. The molecule has 1 fully saturated rings. The molecule has 1 N–H and O–H groups in total. The van der Waals surface area contributed by atoms with Crippen LogP contribution in [-0.2, 0) is 14.4 Å². The van der Waals surface area contributed by atoms with Crippen molar-refractivity contribution in [3.63, 3.8) is 0 Å². The summed E-state index contributed by atoms with van der Waals surface area (Å²) < 4.78 is 0. The Balaban J connectivity index is 1.53. The second kappa shape index (κ2) is 7.21. The smallest absolute Gasteiger partial charge is 0.264 e. The Morgan fingerprint density at radius 3 is 2.62 bits per heavy atom. The second-order valence-corrected chi connectivity index (χ2v) is 6.54. The quantitative estimate of drug-likeness (QED) is 0.903. The number of rotatable bonds is 4. The predicted molar refractivity (Wildman–Crippen MR) is 90.9 cm³/mol. The van der Waals surface area contributed by atoms with Gasteiger partial charge in [-0.25, -0.2) is 0 Å². The molecule has 2 atom stereocenters. The number of carbonyl (C=O) groups is 2. The van der Waals surface area contributed by atoms with E-state index in [-0.39, 0.29) is 11.8 Å². The van der Waals surface area contributed by atoms with E-state index < -0.39 is 12.1 Å². The summed E-state index contributed by atoms with van der Waals surface area (Å²) in [4.78, 5) is 31.6. The van der Waals surface area contributed by atoms with Crippen molar-refractivity contribution < 1.29 is 14.4 Å². The molecule has 0 unspecified atom stereocenters. The molecule has 1 aromatic carbocycles. The van der Waals surface area contributed by atoms with Crippen LogP contribution >= 0.6 is 11.6 Å². The van der Waals surface area contributed by atoms with Crippen LogP contribution in [0.1, 0.15) is 31.7 Å². The van der Waals surface area contributed by atoms with Gasteiger partial charge in [-0.15, -0.1) is 0 Å². The first-order valence-electron chi connectivity index (χ1n) is 8.12. The molecular weight excluding hydrogens is 330 g/mol. The van der Waals surface area contributed by atoms with Gasteiger partial charge >= 0.3 is 0 Å². The van der Waals surface area contributed by atoms with Gasteiger partial charge in [-0.05, 0) is 37.5 Å². The van der Waals surface area contributed by atoms with Crippen molar-refractivity contribution in [3.05, 3.63) is 34.9 Å². The number of hydrogen-bond donors (Lipinski definition) is 1. The van der Waals surface area contributed by atoms with Crippen LogP contribution in [0.5, 0.6) is 0 Å². The summed E-state index contributed by atoms with van der Waals surface area (Å²) in [7, 11) is 0. The van der Waals surface area contributed by atoms with Gasteiger partial charge in [-0.3, -0.25) is 9.59 Å². The van der Waals surface area contributed by atoms with Crippen molar-refractivity contribution in [2.24, 2.45) is 5.16 Å². The lowest BCUT2D eigenvalue weighted by Crippen LogP contribution is -2.48. The molecule has 1 aromatic rings. The lowest BCUT2D eigenvalue weighted by molar-refractivity contribution is -0.138. The average molecular weight is 350 g/mol. The number of carbonyl (C=O) groups excluding carboxylic acids is 2. The normalized spacial score (nSPS) is 21.2. The molecule has 0 saturated carbocycles. The highest BCUT2D eigenvalue weighted by Gasteiger charge is 2.32. The number of nitrogens with zero attached hydrogens (tertiary/aromatic N) is 2. The van der Waals surface area contributed by atoms with E-state index in [2.05, 4.69) is 10.5 Å². The molecule has 2 heterocycles. The van der Waals surface area contributed by atoms with Crippen LogP contribution in [0.25, 0.3) is 0 Å². The van der Waals surface area contributed by atoms with Gasteiger partial charge in [-0.1, -0.05) is 28.9 Å². The molecule has 0 radical (unpaired) electrons. The van der Waals surface area contributed by atoms with Crippen LogP contribution in [-0.4, -0.2) is 47.7 Å². The van der Waals surface area contributed by atoms with E-state index >= 15 is 0 Å². The summed E-state index contributed by atoms with van der Waals surface area (Å²) in [5, 5.41) is 7.36. The van der Waals surface area contributed by atoms with E-state index in [0.29, 0.717) is 17.2 Å². The van der Waals surface area contributed by atoms with Crippen molar-refractivity contribution in [2.45, 2.75) is 38.3 Å². The zero-order chi connectivity index (χ0) is 17.1. The number of halogens is 1. The molecule has 0 aromatic heterocycles. The van der Waals surface area contributed by atoms with Crippen LogP contribution in [0, 0.1) is 0 Å². The van der Waals surface area contributed by atoms with Crippen LogP contribution in [0.4, 0.5) is 0 Å². The molecular formula is C17H20ClN3O3. The van der Waals surface area contributed by atoms with Crippen LogP contribution < -0.4 is 5.32 Å². The molecule has 0 bridgehead atoms. The van der Waals surface area contributed by atoms with E-state index in [0.717, 1.165) is 31.5 Å². The lowest BCUT2D eigenvalue weighted by atomic mass is 10.0. The Kier molecular flexibility index (Phi) is 5.04. The van der Waals surface area contributed by atoms with Gasteiger partial charge in [0.25, 0.3) is 5.91 Å². The number of nitrogens with one attached hydrogen (secondary N) is 1. The minimum Gasteiger partial charge on any atom is -0.382 e. The van der Waals surface area contributed by atoms with Crippen molar-refractivity contribution in [2.75, 3.05) is 13.1 Å². The molecule has 6 nitrogen and oxygen atoms in total. The predicted octanol–water partition coefficient (Wildman–Crippen LogP) is 1.96. The molecule has 3 rings (SSSR count). The van der Waals surface area contributed by atoms with Gasteiger partial charge in [0, 0.05) is 24.5 Å². The number of benzene rings is 1. The topological polar surface area (TPSA) is 71.0 Å². The zero-order valence-electron chi connectivity index (χ0n) is 13.5. The largest absolute Gasteiger partial charge is 0.382 e. The number of amides is 2. The summed E-state index contributed by atoms with van der Waals surface area (Å²) in [6.07, 6.45) is 1.72. The first-order valence-corrected chi connectivity index (χ1v) is 8.50. The van der Waals surface area contributed by atoms with Crippen LogP contribution in [0.15, 0.2) is 29.4 Å². The molecule has 1 saturated heterocycles. The first-order chi connectivity index (χ1) is 11.5. The number of hydrogen-bond acceptors (Lipinski definition) is 4. The highest BCUT2D eigenvalue weighted by Crippen LogP contribution is 2.19. The third-order valence-electron chi connectivity index (χ3n) is 4.29.